The van der Waals surface area contributed by atoms with Gasteiger partial charge in [0.15, 0.2) is 52.4 Å². The number of benzene rings is 3. The third-order valence-corrected chi connectivity index (χ3v) is 9.89. The highest BCUT2D eigenvalue weighted by Crippen LogP contribution is 2.54. The number of hydrogen-bond acceptors (Lipinski definition) is 6. The van der Waals surface area contributed by atoms with Crippen molar-refractivity contribution in [2.24, 2.45) is 0 Å². The third kappa shape index (κ3) is 7.69. The molecule has 49 heavy (non-hydrogen) atoms. The Hall–Kier alpha value is -2.61. The second kappa shape index (κ2) is 13.8. The Bertz CT molecular complexity index is 1880. The molecule has 0 amide bonds. The van der Waals surface area contributed by atoms with Crippen LogP contribution < -0.4 is 0 Å². The van der Waals surface area contributed by atoms with E-state index in [9.17, 15) is 78.7 Å². The van der Waals surface area contributed by atoms with Crippen LogP contribution >= 0.6 is 35.3 Å². The molecule has 0 aliphatic carbocycles. The summed E-state index contributed by atoms with van der Waals surface area (Å²) >= 11 is -2.95. The average molecular weight is 813 g/mol. The van der Waals surface area contributed by atoms with E-state index in [4.69, 9.17) is 4.55 Å². The summed E-state index contributed by atoms with van der Waals surface area (Å²) in [6.07, 6.45) is -14.7. The van der Waals surface area contributed by atoms with Crippen molar-refractivity contribution in [2.75, 3.05) is 0 Å². The van der Waals surface area contributed by atoms with Gasteiger partial charge in [0, 0.05) is 11.0 Å². The van der Waals surface area contributed by atoms with E-state index < -0.39 is 145 Å². The van der Waals surface area contributed by atoms with Crippen molar-refractivity contribution in [1.29, 1.82) is 0 Å². The van der Waals surface area contributed by atoms with Crippen LogP contribution in [0, 0.1) is 52.4 Å². The predicted molar refractivity (Wildman–Crippen MR) is 135 cm³/mol. The Morgan fingerprint density at radius 3 is 1.49 bits per heavy atom. The van der Waals surface area contributed by atoms with Gasteiger partial charge in [-0.2, -0.15) is 43.5 Å². The standard InChI is InChI=1S/C24H9F17O4S4/c1-2-6-11(46-19-14(30)7(25)3-8(26)15(19)31)4-9(27)13(29)18(6)47-12-5-10(28)16(32)20(17(12)33)48-23(38,39)21(34,35)45-22(36,37)24(40,41)49(42,43)44/h3-5H,2H2,1H3,(H,42,43,44). The number of hydrogen-bond donors (Lipinski definition) is 1. The van der Waals surface area contributed by atoms with E-state index >= 15 is 4.39 Å². The number of alkyl halides is 8. The SMILES string of the molecule is CCc1c(Sc2c(F)c(F)cc(F)c2F)cc(F)c(F)c1Sc1cc(F)c(F)c(SC(F)(F)C(F)(F)OC(F)(F)C(F)(F)S(=O)(=O)O)c1F. The summed E-state index contributed by atoms with van der Waals surface area (Å²) in [5, 5.41) is -13.5. The van der Waals surface area contributed by atoms with Crippen LogP contribution in [0.15, 0.2) is 42.7 Å². The second-order valence-corrected chi connectivity index (χ2v) is 13.6. The normalized spacial score (nSPS) is 13.4. The quantitative estimate of drug-likeness (QED) is 0.0846. The Morgan fingerprint density at radius 2 is 1.02 bits per heavy atom. The third-order valence-electron chi connectivity index (χ3n) is 5.66. The van der Waals surface area contributed by atoms with Gasteiger partial charge in [0.05, 0.1) is 19.6 Å². The Kier molecular flexibility index (Phi) is 11.5. The summed E-state index contributed by atoms with van der Waals surface area (Å²) in [5.41, 5.74) is -0.608. The van der Waals surface area contributed by atoms with Crippen molar-refractivity contribution >= 4 is 45.4 Å². The summed E-state index contributed by atoms with van der Waals surface area (Å²) in [5.74, 6) is -19.6. The molecule has 0 saturated carbocycles. The van der Waals surface area contributed by atoms with Gasteiger partial charge in [0.1, 0.15) is 0 Å². The lowest BCUT2D eigenvalue weighted by molar-refractivity contribution is -0.441. The highest BCUT2D eigenvalue weighted by molar-refractivity contribution is 8.01. The minimum absolute atomic E-state index is 0.199. The van der Waals surface area contributed by atoms with Crippen molar-refractivity contribution in [3.8, 4) is 0 Å². The van der Waals surface area contributed by atoms with Gasteiger partial charge < -0.3 is 0 Å². The molecule has 25 heteroatoms. The van der Waals surface area contributed by atoms with Gasteiger partial charge in [-0.05, 0) is 35.9 Å². The second-order valence-electron chi connectivity index (χ2n) is 8.89. The van der Waals surface area contributed by atoms with E-state index in [0.717, 1.165) is 6.92 Å². The summed E-state index contributed by atoms with van der Waals surface area (Å²) < 4.78 is 271. The molecule has 4 nitrogen and oxygen atoms in total. The van der Waals surface area contributed by atoms with Gasteiger partial charge in [-0.25, -0.2) is 44.3 Å². The molecule has 0 fully saturated rings. The first kappa shape index (κ1) is 40.8. The van der Waals surface area contributed by atoms with Gasteiger partial charge in [0.25, 0.3) is 0 Å². The molecule has 0 radical (unpaired) electrons. The van der Waals surface area contributed by atoms with E-state index in [0.29, 0.717) is 0 Å². The molecular formula is C24H9F17O4S4. The van der Waals surface area contributed by atoms with Crippen molar-refractivity contribution < 1.29 is 92.3 Å². The number of thioether (sulfide) groups is 1. The minimum Gasteiger partial charge on any atom is -0.281 e. The van der Waals surface area contributed by atoms with Crippen LogP contribution in [0.4, 0.5) is 74.6 Å². The van der Waals surface area contributed by atoms with Crippen LogP contribution in [-0.4, -0.2) is 35.7 Å². The van der Waals surface area contributed by atoms with E-state index in [2.05, 4.69) is 0 Å². The number of ether oxygens (including phenoxy) is 1. The zero-order valence-electron chi connectivity index (χ0n) is 22.7. The Labute approximate surface area is 274 Å². The average Bonchev–Trinajstić information content (AvgIpc) is 2.96. The first-order chi connectivity index (χ1) is 22.1. The molecule has 1 N–H and O–H groups in total. The van der Waals surface area contributed by atoms with Crippen LogP contribution in [0.5, 0.6) is 0 Å². The molecule has 3 aromatic rings. The van der Waals surface area contributed by atoms with Gasteiger partial charge in [0.2, 0.25) is 0 Å². The fraction of sp³-hybridized carbons (Fsp3) is 0.250. The van der Waals surface area contributed by atoms with E-state index in [1.807, 2.05) is 4.74 Å². The van der Waals surface area contributed by atoms with Gasteiger partial charge in [-0.1, -0.05) is 30.4 Å². The maximum absolute atomic E-state index is 15.3. The van der Waals surface area contributed by atoms with Crippen molar-refractivity contribution in [1.82, 2.24) is 0 Å². The molecule has 0 aliphatic heterocycles. The predicted octanol–water partition coefficient (Wildman–Crippen LogP) is 10.2. The summed E-state index contributed by atoms with van der Waals surface area (Å²) in [6.45, 7) is 1.12. The van der Waals surface area contributed by atoms with Gasteiger partial charge in [-0.3, -0.25) is 4.55 Å². The molecule has 0 bridgehead atoms. The van der Waals surface area contributed by atoms with E-state index in [-0.39, 0.29) is 30.0 Å². The fourth-order valence-corrected chi connectivity index (χ4v) is 6.89. The lowest BCUT2D eigenvalue weighted by Crippen LogP contribution is -2.55. The number of halogens is 17. The van der Waals surface area contributed by atoms with Crippen LogP contribution in [0.2, 0.25) is 0 Å². The molecule has 0 saturated heterocycles. The van der Waals surface area contributed by atoms with Crippen LogP contribution in [0.3, 0.4) is 0 Å². The molecular weight excluding hydrogens is 803 g/mol. The first-order valence-corrected chi connectivity index (χ1v) is 15.7. The number of rotatable bonds is 12. The summed E-state index contributed by atoms with van der Waals surface area (Å²) in [6, 6.07) is -0.211. The van der Waals surface area contributed by atoms with Gasteiger partial charge in [-0.15, -0.1) is 0 Å². The van der Waals surface area contributed by atoms with Crippen molar-refractivity contribution in [3.05, 3.63) is 76.1 Å². The largest absolute Gasteiger partial charge is 0.460 e. The summed E-state index contributed by atoms with van der Waals surface area (Å²) in [7, 11) is -7.33. The molecule has 0 spiro atoms. The van der Waals surface area contributed by atoms with E-state index in [1.54, 1.807) is 0 Å². The topological polar surface area (TPSA) is 63.6 Å². The Morgan fingerprint density at radius 1 is 0.612 bits per heavy atom. The van der Waals surface area contributed by atoms with Crippen LogP contribution in [-0.2, 0) is 21.3 Å². The molecule has 0 unspecified atom stereocenters. The maximum atomic E-state index is 15.3. The van der Waals surface area contributed by atoms with Gasteiger partial charge >= 0.3 is 32.8 Å². The molecule has 0 aromatic heterocycles. The first-order valence-electron chi connectivity index (χ1n) is 11.9. The lowest BCUT2D eigenvalue weighted by atomic mass is 10.1. The molecule has 0 atom stereocenters. The van der Waals surface area contributed by atoms with Crippen LogP contribution in [0.1, 0.15) is 12.5 Å². The monoisotopic (exact) mass is 812 g/mol. The molecule has 272 valence electrons. The highest BCUT2D eigenvalue weighted by Gasteiger charge is 2.74. The molecule has 0 heterocycles. The maximum Gasteiger partial charge on any atom is 0.460 e. The zero-order valence-corrected chi connectivity index (χ0v) is 25.9. The molecule has 3 aromatic carbocycles. The fourth-order valence-electron chi connectivity index (χ4n) is 3.35. The van der Waals surface area contributed by atoms with Crippen molar-refractivity contribution in [3.63, 3.8) is 0 Å². The summed E-state index contributed by atoms with van der Waals surface area (Å²) in [4.78, 5) is -7.48. The van der Waals surface area contributed by atoms with Crippen LogP contribution in [0.25, 0.3) is 0 Å². The lowest BCUT2D eigenvalue weighted by Gasteiger charge is -2.31. The Balaban J connectivity index is 2.12. The highest BCUT2D eigenvalue weighted by atomic mass is 32.2. The molecule has 0 aliphatic rings. The van der Waals surface area contributed by atoms with Crippen molar-refractivity contribution in [2.45, 2.75) is 60.5 Å². The minimum atomic E-state index is -7.33. The molecule has 3 rings (SSSR count). The smallest absolute Gasteiger partial charge is 0.281 e. The zero-order chi connectivity index (χ0) is 37.8. The van der Waals surface area contributed by atoms with E-state index in [1.165, 1.54) is 0 Å².